The molecule has 1 aliphatic carbocycles. The van der Waals surface area contributed by atoms with Crippen LogP contribution in [-0.4, -0.2) is 18.5 Å². The fourth-order valence-electron chi connectivity index (χ4n) is 2.77. The van der Waals surface area contributed by atoms with Crippen LogP contribution in [0.25, 0.3) is 0 Å². The van der Waals surface area contributed by atoms with E-state index in [1.165, 1.54) is 26.2 Å². The Labute approximate surface area is 125 Å². The van der Waals surface area contributed by atoms with Crippen LogP contribution in [0.3, 0.4) is 0 Å². The first kappa shape index (κ1) is 15.4. The molecule has 1 aromatic rings. The summed E-state index contributed by atoms with van der Waals surface area (Å²) in [5.74, 6) is 0.226. The summed E-state index contributed by atoms with van der Waals surface area (Å²) in [4.78, 5) is 25.2. The number of benzene rings is 1. The maximum absolute atomic E-state index is 12.3. The van der Waals surface area contributed by atoms with E-state index in [9.17, 15) is 9.59 Å². The first-order valence-electron chi connectivity index (χ1n) is 7.52. The molecule has 0 aromatic heterocycles. The second-order valence-electron chi connectivity index (χ2n) is 5.64. The van der Waals surface area contributed by atoms with Crippen molar-refractivity contribution in [2.24, 2.45) is 5.92 Å². The maximum atomic E-state index is 12.3. The van der Waals surface area contributed by atoms with Crippen molar-refractivity contribution in [2.75, 3.05) is 17.2 Å². The number of hydrogen-bond donors (Lipinski definition) is 2. The standard InChI is InChI=1S/C16H23N3O2/c1-12(20)19(15-9-7-14(17)8-10-15)16(21)18-11-13-5-3-2-4-6-13/h7-10,13H,2-6,11,17H2,1H3,(H,18,21). The number of anilines is 2. The van der Waals surface area contributed by atoms with E-state index in [1.807, 2.05) is 0 Å². The Hall–Kier alpha value is -2.04. The summed E-state index contributed by atoms with van der Waals surface area (Å²) < 4.78 is 0. The van der Waals surface area contributed by atoms with Crippen molar-refractivity contribution in [1.82, 2.24) is 5.32 Å². The number of hydrogen-bond acceptors (Lipinski definition) is 3. The molecule has 1 aromatic carbocycles. The van der Waals surface area contributed by atoms with Crippen molar-refractivity contribution >= 4 is 23.3 Å². The normalized spacial score (nSPS) is 15.5. The van der Waals surface area contributed by atoms with Crippen LogP contribution in [0.2, 0.25) is 0 Å². The number of nitrogens with two attached hydrogens (primary N) is 1. The monoisotopic (exact) mass is 289 g/mol. The highest BCUT2D eigenvalue weighted by Crippen LogP contribution is 2.23. The van der Waals surface area contributed by atoms with Gasteiger partial charge in [0.2, 0.25) is 5.91 Å². The quantitative estimate of drug-likeness (QED) is 0.840. The number of nitrogens with zero attached hydrogens (tertiary/aromatic N) is 1. The van der Waals surface area contributed by atoms with Gasteiger partial charge in [0.05, 0.1) is 5.69 Å². The minimum atomic E-state index is -0.363. The second-order valence-corrected chi connectivity index (χ2v) is 5.64. The zero-order valence-corrected chi connectivity index (χ0v) is 12.5. The highest BCUT2D eigenvalue weighted by molar-refractivity contribution is 6.13. The Kier molecular flexibility index (Phi) is 5.20. The summed E-state index contributed by atoms with van der Waals surface area (Å²) in [6.07, 6.45) is 6.06. The van der Waals surface area contributed by atoms with Gasteiger partial charge in [-0.15, -0.1) is 0 Å². The lowest BCUT2D eigenvalue weighted by Crippen LogP contribution is -2.44. The van der Waals surface area contributed by atoms with Crippen LogP contribution in [0.15, 0.2) is 24.3 Å². The van der Waals surface area contributed by atoms with E-state index >= 15 is 0 Å². The van der Waals surface area contributed by atoms with E-state index < -0.39 is 0 Å². The highest BCUT2D eigenvalue weighted by Gasteiger charge is 2.21. The van der Waals surface area contributed by atoms with Gasteiger partial charge >= 0.3 is 6.03 Å². The minimum Gasteiger partial charge on any atom is -0.399 e. The topological polar surface area (TPSA) is 75.4 Å². The minimum absolute atomic E-state index is 0.305. The predicted molar refractivity (Wildman–Crippen MR) is 84.0 cm³/mol. The van der Waals surface area contributed by atoms with Gasteiger partial charge in [0.1, 0.15) is 0 Å². The molecule has 21 heavy (non-hydrogen) atoms. The molecule has 3 N–H and O–H groups in total. The number of carbonyl (C=O) groups excluding carboxylic acids is 2. The average molecular weight is 289 g/mol. The van der Waals surface area contributed by atoms with Crippen molar-refractivity contribution in [2.45, 2.75) is 39.0 Å². The van der Waals surface area contributed by atoms with Gasteiger partial charge in [-0.25, -0.2) is 9.69 Å². The lowest BCUT2D eigenvalue weighted by molar-refractivity contribution is -0.115. The molecule has 0 saturated heterocycles. The van der Waals surface area contributed by atoms with Gasteiger partial charge in [-0.1, -0.05) is 19.3 Å². The second kappa shape index (κ2) is 7.11. The molecule has 0 unspecified atom stereocenters. The summed E-state index contributed by atoms with van der Waals surface area (Å²) in [7, 11) is 0. The molecule has 0 aliphatic heterocycles. The van der Waals surface area contributed by atoms with Crippen LogP contribution < -0.4 is 16.0 Å². The Balaban J connectivity index is 1.98. The first-order chi connectivity index (χ1) is 10.1. The third-order valence-electron chi connectivity index (χ3n) is 3.94. The van der Waals surface area contributed by atoms with Gasteiger partial charge in [-0.2, -0.15) is 0 Å². The SMILES string of the molecule is CC(=O)N(C(=O)NCC1CCCCC1)c1ccc(N)cc1. The predicted octanol–water partition coefficient (Wildman–Crippen LogP) is 2.91. The summed E-state index contributed by atoms with van der Waals surface area (Å²) in [6.45, 7) is 2.02. The van der Waals surface area contributed by atoms with Crippen LogP contribution in [0.5, 0.6) is 0 Å². The molecule has 5 heteroatoms. The Bertz CT molecular complexity index is 493. The zero-order valence-electron chi connectivity index (χ0n) is 12.5. The van der Waals surface area contributed by atoms with Crippen LogP contribution in [-0.2, 0) is 4.79 Å². The van der Waals surface area contributed by atoms with Crippen LogP contribution in [0.4, 0.5) is 16.2 Å². The van der Waals surface area contributed by atoms with Crippen LogP contribution in [0, 0.1) is 5.92 Å². The maximum Gasteiger partial charge on any atom is 0.328 e. The highest BCUT2D eigenvalue weighted by atomic mass is 16.2. The number of carbonyl (C=O) groups is 2. The molecule has 1 saturated carbocycles. The number of nitrogen functional groups attached to an aromatic ring is 1. The molecule has 0 bridgehead atoms. The summed E-state index contributed by atoms with van der Waals surface area (Å²) in [5.41, 5.74) is 6.77. The molecule has 1 aliphatic rings. The number of nitrogens with one attached hydrogen (secondary N) is 1. The Morgan fingerprint density at radius 3 is 2.38 bits per heavy atom. The van der Waals surface area contributed by atoms with Crippen molar-refractivity contribution in [3.8, 4) is 0 Å². The number of urea groups is 1. The van der Waals surface area contributed by atoms with Gasteiger partial charge in [0.25, 0.3) is 0 Å². The largest absolute Gasteiger partial charge is 0.399 e. The fraction of sp³-hybridized carbons (Fsp3) is 0.500. The Morgan fingerprint density at radius 2 is 1.81 bits per heavy atom. The van der Waals surface area contributed by atoms with Crippen LogP contribution >= 0.6 is 0 Å². The van der Waals surface area contributed by atoms with Crippen molar-refractivity contribution < 1.29 is 9.59 Å². The molecular weight excluding hydrogens is 266 g/mol. The van der Waals surface area contributed by atoms with E-state index in [4.69, 9.17) is 5.73 Å². The van der Waals surface area contributed by atoms with Crippen LogP contribution in [0.1, 0.15) is 39.0 Å². The molecule has 0 spiro atoms. The van der Waals surface area contributed by atoms with Gasteiger partial charge in [0.15, 0.2) is 0 Å². The number of rotatable bonds is 3. The molecule has 1 fully saturated rings. The summed E-state index contributed by atoms with van der Waals surface area (Å²) >= 11 is 0. The van der Waals surface area contributed by atoms with Gasteiger partial charge in [-0.3, -0.25) is 4.79 Å². The number of amides is 3. The summed E-state index contributed by atoms with van der Waals surface area (Å²) in [5, 5.41) is 2.88. The van der Waals surface area contributed by atoms with E-state index in [2.05, 4.69) is 5.32 Å². The molecule has 114 valence electrons. The van der Waals surface area contributed by atoms with Crippen molar-refractivity contribution in [3.05, 3.63) is 24.3 Å². The molecular formula is C16H23N3O2. The van der Waals surface area contributed by atoms with Gasteiger partial charge in [-0.05, 0) is 43.0 Å². The first-order valence-corrected chi connectivity index (χ1v) is 7.52. The molecule has 0 atom stereocenters. The van der Waals surface area contributed by atoms with E-state index in [0.717, 1.165) is 17.7 Å². The summed E-state index contributed by atoms with van der Waals surface area (Å²) in [6, 6.07) is 6.35. The lowest BCUT2D eigenvalue weighted by Gasteiger charge is -2.24. The van der Waals surface area contributed by atoms with Crippen molar-refractivity contribution in [1.29, 1.82) is 0 Å². The van der Waals surface area contributed by atoms with E-state index in [0.29, 0.717) is 23.8 Å². The molecule has 0 radical (unpaired) electrons. The van der Waals surface area contributed by atoms with Gasteiger partial charge < -0.3 is 11.1 Å². The van der Waals surface area contributed by atoms with Gasteiger partial charge in [0, 0.05) is 19.2 Å². The molecule has 3 amide bonds. The number of imide groups is 1. The van der Waals surface area contributed by atoms with Crippen molar-refractivity contribution in [3.63, 3.8) is 0 Å². The average Bonchev–Trinajstić information content (AvgIpc) is 2.48. The molecule has 2 rings (SSSR count). The third kappa shape index (κ3) is 4.21. The lowest BCUT2D eigenvalue weighted by atomic mass is 9.89. The third-order valence-corrected chi connectivity index (χ3v) is 3.94. The van der Waals surface area contributed by atoms with E-state index in [-0.39, 0.29) is 11.9 Å². The van der Waals surface area contributed by atoms with E-state index in [1.54, 1.807) is 24.3 Å². The molecule has 0 heterocycles. The Morgan fingerprint density at radius 1 is 1.19 bits per heavy atom. The smallest absolute Gasteiger partial charge is 0.328 e. The fourth-order valence-corrected chi connectivity index (χ4v) is 2.77. The molecule has 5 nitrogen and oxygen atoms in total. The zero-order chi connectivity index (χ0) is 15.2.